The molecule has 7 heteroatoms. The molecule has 1 fully saturated rings. The molecule has 0 aromatic carbocycles. The summed E-state index contributed by atoms with van der Waals surface area (Å²) in [6.07, 6.45) is 5.37. The van der Waals surface area contributed by atoms with E-state index in [0.717, 1.165) is 23.1 Å². The molecule has 0 radical (unpaired) electrons. The Bertz CT molecular complexity index is 972. The van der Waals surface area contributed by atoms with Crippen LogP contribution >= 0.6 is 11.3 Å². The molecule has 0 aliphatic heterocycles. The zero-order chi connectivity index (χ0) is 16.0. The second-order valence-electron chi connectivity index (χ2n) is 5.70. The van der Waals surface area contributed by atoms with Crippen LogP contribution in [-0.2, 0) is 0 Å². The number of rotatable bonds is 3. The molecule has 0 unspecified atom stereocenters. The third kappa shape index (κ3) is 2.75. The van der Waals surface area contributed by atoms with E-state index in [-0.39, 0.29) is 17.5 Å². The van der Waals surface area contributed by atoms with Crippen LogP contribution in [0.4, 0.5) is 5.13 Å². The van der Waals surface area contributed by atoms with Gasteiger partial charge in [-0.1, -0.05) is 11.3 Å². The van der Waals surface area contributed by atoms with E-state index in [1.165, 1.54) is 17.4 Å². The Morgan fingerprint density at radius 3 is 3.00 bits per heavy atom. The quantitative estimate of drug-likeness (QED) is 0.803. The van der Waals surface area contributed by atoms with Crippen molar-refractivity contribution < 1.29 is 4.79 Å². The van der Waals surface area contributed by atoms with Crippen molar-refractivity contribution in [3.63, 3.8) is 0 Å². The number of aromatic nitrogens is 3. The molecule has 116 valence electrons. The number of carbonyl (C=O) groups is 1. The summed E-state index contributed by atoms with van der Waals surface area (Å²) in [5.41, 5.74) is 2.07. The molecule has 4 rings (SSSR count). The number of nitrogens with zero attached hydrogens (tertiary/aromatic N) is 3. The van der Waals surface area contributed by atoms with Crippen LogP contribution in [0, 0.1) is 6.92 Å². The van der Waals surface area contributed by atoms with E-state index in [1.54, 1.807) is 23.0 Å². The zero-order valence-electron chi connectivity index (χ0n) is 12.4. The van der Waals surface area contributed by atoms with Crippen molar-refractivity contribution in [3.05, 3.63) is 52.1 Å². The lowest BCUT2D eigenvalue weighted by Crippen LogP contribution is -2.21. The standard InChI is InChI=1S/C16H14N4O2S/c1-9-6-12-14(17-7-9)18-16(23-12)19-15(22)10-2-5-13(21)20(8-10)11-3-4-11/h2,5-8,11H,3-4H2,1H3,(H,17,18,19,22). The van der Waals surface area contributed by atoms with Crippen LogP contribution < -0.4 is 10.9 Å². The number of nitrogens with one attached hydrogen (secondary N) is 1. The zero-order valence-corrected chi connectivity index (χ0v) is 13.3. The lowest BCUT2D eigenvalue weighted by atomic mass is 10.2. The van der Waals surface area contributed by atoms with Gasteiger partial charge in [-0.2, -0.15) is 4.98 Å². The number of hydrogen-bond donors (Lipinski definition) is 1. The van der Waals surface area contributed by atoms with Gasteiger partial charge in [0.2, 0.25) is 0 Å². The Kier molecular flexibility index (Phi) is 3.23. The van der Waals surface area contributed by atoms with E-state index >= 15 is 0 Å². The lowest BCUT2D eigenvalue weighted by Gasteiger charge is -2.06. The van der Waals surface area contributed by atoms with E-state index in [2.05, 4.69) is 15.3 Å². The minimum atomic E-state index is -0.268. The summed E-state index contributed by atoms with van der Waals surface area (Å²) in [7, 11) is 0. The molecule has 6 nitrogen and oxygen atoms in total. The van der Waals surface area contributed by atoms with Crippen molar-refractivity contribution in [1.29, 1.82) is 0 Å². The van der Waals surface area contributed by atoms with Crippen molar-refractivity contribution in [2.24, 2.45) is 0 Å². The molecule has 1 N–H and O–H groups in total. The number of aryl methyl sites for hydroxylation is 1. The van der Waals surface area contributed by atoms with Crippen LogP contribution in [0.2, 0.25) is 0 Å². The molecule has 1 saturated carbocycles. The van der Waals surface area contributed by atoms with Crippen molar-refractivity contribution in [2.75, 3.05) is 5.32 Å². The maximum atomic E-state index is 12.4. The average Bonchev–Trinajstić information content (AvgIpc) is 3.28. The van der Waals surface area contributed by atoms with E-state index in [9.17, 15) is 9.59 Å². The first-order chi connectivity index (χ1) is 11.1. The Morgan fingerprint density at radius 2 is 2.22 bits per heavy atom. The van der Waals surface area contributed by atoms with Crippen LogP contribution in [0.1, 0.15) is 34.8 Å². The van der Waals surface area contributed by atoms with Gasteiger partial charge in [0.05, 0.1) is 10.3 Å². The minimum Gasteiger partial charge on any atom is -0.312 e. The van der Waals surface area contributed by atoms with Crippen molar-refractivity contribution in [3.8, 4) is 0 Å². The summed E-state index contributed by atoms with van der Waals surface area (Å²) in [4.78, 5) is 32.7. The predicted molar refractivity (Wildman–Crippen MR) is 89.1 cm³/mol. The van der Waals surface area contributed by atoms with Crippen LogP contribution in [0.3, 0.4) is 0 Å². The van der Waals surface area contributed by atoms with Crippen molar-refractivity contribution >= 4 is 32.7 Å². The van der Waals surface area contributed by atoms with E-state index < -0.39 is 0 Å². The Labute approximate surface area is 135 Å². The van der Waals surface area contributed by atoms with Crippen LogP contribution in [0.15, 0.2) is 35.4 Å². The van der Waals surface area contributed by atoms with Gasteiger partial charge in [0, 0.05) is 24.5 Å². The highest BCUT2D eigenvalue weighted by atomic mass is 32.1. The van der Waals surface area contributed by atoms with Gasteiger partial charge in [0.1, 0.15) is 0 Å². The molecule has 0 atom stereocenters. The molecular formula is C16H14N4O2S. The molecule has 1 aliphatic rings. The van der Waals surface area contributed by atoms with Crippen molar-refractivity contribution in [2.45, 2.75) is 25.8 Å². The molecule has 1 aliphatic carbocycles. The third-order valence-electron chi connectivity index (χ3n) is 3.74. The number of pyridine rings is 2. The summed E-state index contributed by atoms with van der Waals surface area (Å²) in [5, 5.41) is 3.29. The number of carbonyl (C=O) groups excluding carboxylic acids is 1. The molecular weight excluding hydrogens is 312 g/mol. The normalized spacial score (nSPS) is 14.1. The SMILES string of the molecule is Cc1cnc2nc(NC(=O)c3ccc(=O)n(C4CC4)c3)sc2c1. The fourth-order valence-corrected chi connectivity index (χ4v) is 3.33. The maximum Gasteiger partial charge on any atom is 0.258 e. The van der Waals surface area contributed by atoms with Gasteiger partial charge in [-0.05, 0) is 37.5 Å². The summed E-state index contributed by atoms with van der Waals surface area (Å²) in [6, 6.07) is 5.22. The maximum absolute atomic E-state index is 12.4. The van der Waals surface area contributed by atoms with Crippen LogP contribution in [0.5, 0.6) is 0 Å². The number of thiazole rings is 1. The van der Waals surface area contributed by atoms with Crippen molar-refractivity contribution in [1.82, 2.24) is 14.5 Å². The summed E-state index contributed by atoms with van der Waals surface area (Å²) < 4.78 is 2.57. The summed E-state index contributed by atoms with van der Waals surface area (Å²) in [6.45, 7) is 1.96. The number of hydrogen-bond acceptors (Lipinski definition) is 5. The first-order valence-electron chi connectivity index (χ1n) is 7.37. The van der Waals surface area contributed by atoms with Gasteiger partial charge in [0.15, 0.2) is 10.8 Å². The first-order valence-corrected chi connectivity index (χ1v) is 8.18. The van der Waals surface area contributed by atoms with Crippen LogP contribution in [-0.4, -0.2) is 20.4 Å². The molecule has 3 aromatic rings. The molecule has 3 heterocycles. The topological polar surface area (TPSA) is 76.9 Å². The average molecular weight is 326 g/mol. The van der Waals surface area contributed by atoms with Gasteiger partial charge in [0.25, 0.3) is 11.5 Å². The number of fused-ring (bicyclic) bond motifs is 1. The second-order valence-corrected chi connectivity index (χ2v) is 6.73. The Morgan fingerprint density at radius 1 is 1.39 bits per heavy atom. The third-order valence-corrected chi connectivity index (χ3v) is 4.65. The second kappa shape index (κ2) is 5.27. The van der Waals surface area contributed by atoms with Gasteiger partial charge in [-0.25, -0.2) is 4.98 Å². The number of anilines is 1. The number of amides is 1. The van der Waals surface area contributed by atoms with E-state index in [1.807, 2.05) is 13.0 Å². The minimum absolute atomic E-state index is 0.0660. The predicted octanol–water partition coefficient (Wildman–Crippen LogP) is 2.75. The van der Waals surface area contributed by atoms with Gasteiger partial charge in [-0.15, -0.1) is 0 Å². The fourth-order valence-electron chi connectivity index (χ4n) is 2.42. The van der Waals surface area contributed by atoms with Gasteiger partial charge < -0.3 is 4.57 Å². The summed E-state index contributed by atoms with van der Waals surface area (Å²) >= 11 is 1.39. The molecule has 23 heavy (non-hydrogen) atoms. The fraction of sp³-hybridized carbons (Fsp3) is 0.250. The Hall–Kier alpha value is -2.54. The highest BCUT2D eigenvalue weighted by Crippen LogP contribution is 2.33. The molecule has 3 aromatic heterocycles. The largest absolute Gasteiger partial charge is 0.312 e. The van der Waals surface area contributed by atoms with Gasteiger partial charge >= 0.3 is 0 Å². The summed E-state index contributed by atoms with van der Waals surface area (Å²) in [5.74, 6) is -0.268. The Balaban J connectivity index is 1.61. The molecule has 0 spiro atoms. The molecule has 0 bridgehead atoms. The van der Waals surface area contributed by atoms with E-state index in [4.69, 9.17) is 0 Å². The van der Waals surface area contributed by atoms with E-state index in [0.29, 0.717) is 16.3 Å². The smallest absolute Gasteiger partial charge is 0.258 e. The highest BCUT2D eigenvalue weighted by molar-refractivity contribution is 7.22. The van der Waals surface area contributed by atoms with Crippen LogP contribution in [0.25, 0.3) is 10.3 Å². The van der Waals surface area contributed by atoms with Gasteiger partial charge in [-0.3, -0.25) is 14.9 Å². The monoisotopic (exact) mass is 326 g/mol. The molecule has 1 amide bonds. The highest BCUT2D eigenvalue weighted by Gasteiger charge is 2.25. The lowest BCUT2D eigenvalue weighted by molar-refractivity contribution is 0.102. The molecule has 0 saturated heterocycles. The first kappa shape index (κ1) is 14.1.